The van der Waals surface area contributed by atoms with Crippen molar-refractivity contribution in [3.8, 4) is 0 Å². The molecule has 0 bridgehead atoms. The second-order valence-corrected chi connectivity index (χ2v) is 3.78. The average molecular weight is 177 g/mol. The fourth-order valence-electron chi connectivity index (χ4n) is 1.85. The highest BCUT2D eigenvalue weighted by molar-refractivity contribution is 5.36. The van der Waals surface area contributed by atoms with Crippen molar-refractivity contribution in [1.29, 1.82) is 0 Å². The van der Waals surface area contributed by atoms with E-state index in [1.54, 1.807) is 0 Å². The van der Waals surface area contributed by atoms with E-state index in [0.29, 0.717) is 11.7 Å². The first kappa shape index (κ1) is 8.48. The summed E-state index contributed by atoms with van der Waals surface area (Å²) < 4.78 is 0. The molecule has 0 atom stereocenters. The first-order chi connectivity index (χ1) is 6.27. The summed E-state index contributed by atoms with van der Waals surface area (Å²) in [6.07, 6.45) is 6.89. The number of hydrogen-bond donors (Lipinski definition) is 1. The van der Waals surface area contributed by atoms with Crippen LogP contribution >= 0.6 is 0 Å². The number of hydrogen-bond acceptors (Lipinski definition) is 3. The fraction of sp³-hybridized carbons (Fsp3) is 0.600. The molecule has 1 fully saturated rings. The van der Waals surface area contributed by atoms with E-state index in [0.717, 1.165) is 11.4 Å². The van der Waals surface area contributed by atoms with Gasteiger partial charge in [-0.15, -0.1) is 0 Å². The molecule has 1 aliphatic carbocycles. The van der Waals surface area contributed by atoms with Crippen molar-refractivity contribution in [1.82, 2.24) is 9.97 Å². The van der Waals surface area contributed by atoms with E-state index in [2.05, 4.69) is 9.97 Å². The fourth-order valence-corrected chi connectivity index (χ4v) is 1.85. The molecule has 1 heterocycles. The molecular weight excluding hydrogens is 162 g/mol. The van der Waals surface area contributed by atoms with Crippen molar-refractivity contribution in [2.75, 3.05) is 5.73 Å². The van der Waals surface area contributed by atoms with E-state index in [1.807, 2.05) is 13.1 Å². The largest absolute Gasteiger partial charge is 0.383 e. The molecule has 2 rings (SSSR count). The lowest BCUT2D eigenvalue weighted by molar-refractivity contribution is 0.668. The van der Waals surface area contributed by atoms with Crippen molar-refractivity contribution in [3.05, 3.63) is 17.6 Å². The van der Waals surface area contributed by atoms with Crippen molar-refractivity contribution in [2.45, 2.75) is 38.5 Å². The molecule has 2 N–H and O–H groups in total. The Bertz CT molecular complexity index is 303. The quantitative estimate of drug-likeness (QED) is 0.714. The number of anilines is 1. The zero-order valence-corrected chi connectivity index (χ0v) is 7.95. The van der Waals surface area contributed by atoms with E-state index >= 15 is 0 Å². The van der Waals surface area contributed by atoms with Crippen LogP contribution in [0.2, 0.25) is 0 Å². The summed E-state index contributed by atoms with van der Waals surface area (Å²) in [6, 6.07) is 0. The Kier molecular flexibility index (Phi) is 2.17. The van der Waals surface area contributed by atoms with Crippen molar-refractivity contribution in [2.24, 2.45) is 0 Å². The van der Waals surface area contributed by atoms with E-state index in [-0.39, 0.29) is 0 Å². The third-order valence-electron chi connectivity index (χ3n) is 2.75. The molecule has 1 aromatic rings. The van der Waals surface area contributed by atoms with Crippen LogP contribution in [0.1, 0.15) is 43.0 Å². The monoisotopic (exact) mass is 177 g/mol. The lowest BCUT2D eigenvalue weighted by atomic mass is 10.1. The molecule has 3 heteroatoms. The first-order valence-electron chi connectivity index (χ1n) is 4.86. The van der Waals surface area contributed by atoms with Gasteiger partial charge in [0.2, 0.25) is 0 Å². The molecule has 0 radical (unpaired) electrons. The smallest absolute Gasteiger partial charge is 0.133 e. The average Bonchev–Trinajstić information content (AvgIpc) is 2.62. The summed E-state index contributed by atoms with van der Waals surface area (Å²) >= 11 is 0. The summed E-state index contributed by atoms with van der Waals surface area (Å²) in [5, 5.41) is 0. The lowest BCUT2D eigenvalue weighted by Crippen LogP contribution is -2.04. The van der Waals surface area contributed by atoms with Gasteiger partial charge in [0.25, 0.3) is 0 Å². The summed E-state index contributed by atoms with van der Waals surface area (Å²) in [6.45, 7) is 1.94. The van der Waals surface area contributed by atoms with Crippen LogP contribution in [0.4, 0.5) is 5.82 Å². The molecule has 0 spiro atoms. The van der Waals surface area contributed by atoms with Crippen LogP contribution in [0.5, 0.6) is 0 Å². The van der Waals surface area contributed by atoms with Crippen molar-refractivity contribution < 1.29 is 0 Å². The maximum atomic E-state index is 5.74. The van der Waals surface area contributed by atoms with Crippen LogP contribution in [0.15, 0.2) is 6.20 Å². The number of aromatic nitrogens is 2. The molecule has 1 aliphatic rings. The molecule has 1 saturated carbocycles. The van der Waals surface area contributed by atoms with Gasteiger partial charge in [0.1, 0.15) is 11.6 Å². The van der Waals surface area contributed by atoms with Gasteiger partial charge in [-0.25, -0.2) is 9.97 Å². The third-order valence-corrected chi connectivity index (χ3v) is 2.75. The van der Waals surface area contributed by atoms with E-state index in [4.69, 9.17) is 5.73 Å². The van der Waals surface area contributed by atoms with E-state index < -0.39 is 0 Å². The SMILES string of the molecule is Cc1cnc(C2CCCC2)nc1N. The molecule has 0 aromatic carbocycles. The summed E-state index contributed by atoms with van der Waals surface area (Å²) in [7, 11) is 0. The van der Waals surface area contributed by atoms with Gasteiger partial charge in [-0.3, -0.25) is 0 Å². The number of nitrogen functional groups attached to an aromatic ring is 1. The summed E-state index contributed by atoms with van der Waals surface area (Å²) in [5.41, 5.74) is 6.71. The Labute approximate surface area is 78.4 Å². The van der Waals surface area contributed by atoms with Crippen LogP contribution in [0.3, 0.4) is 0 Å². The van der Waals surface area contributed by atoms with Gasteiger partial charge >= 0.3 is 0 Å². The molecule has 0 saturated heterocycles. The first-order valence-corrected chi connectivity index (χ1v) is 4.86. The highest BCUT2D eigenvalue weighted by Gasteiger charge is 2.19. The Morgan fingerprint density at radius 3 is 2.69 bits per heavy atom. The summed E-state index contributed by atoms with van der Waals surface area (Å²) in [5.74, 6) is 2.14. The molecule has 0 amide bonds. The molecule has 3 nitrogen and oxygen atoms in total. The number of rotatable bonds is 1. The Morgan fingerprint density at radius 1 is 1.38 bits per heavy atom. The number of aryl methyl sites for hydroxylation is 1. The minimum atomic E-state index is 0.558. The van der Waals surface area contributed by atoms with Gasteiger partial charge in [-0.05, 0) is 19.8 Å². The Balaban J connectivity index is 2.25. The third kappa shape index (κ3) is 1.64. The van der Waals surface area contributed by atoms with Gasteiger partial charge < -0.3 is 5.73 Å². The second-order valence-electron chi connectivity index (χ2n) is 3.78. The van der Waals surface area contributed by atoms with E-state index in [1.165, 1.54) is 25.7 Å². The lowest BCUT2D eigenvalue weighted by Gasteiger charge is -2.08. The topological polar surface area (TPSA) is 51.8 Å². The normalized spacial score (nSPS) is 17.9. The molecular formula is C10H15N3. The molecule has 0 unspecified atom stereocenters. The predicted octanol–water partition coefficient (Wildman–Crippen LogP) is 2.02. The van der Waals surface area contributed by atoms with Gasteiger partial charge in [0.05, 0.1) is 0 Å². The second kappa shape index (κ2) is 3.32. The maximum absolute atomic E-state index is 5.74. The molecule has 13 heavy (non-hydrogen) atoms. The minimum absolute atomic E-state index is 0.558. The van der Waals surface area contributed by atoms with Gasteiger partial charge in [0, 0.05) is 17.7 Å². The van der Waals surface area contributed by atoms with Crippen LogP contribution in [0.25, 0.3) is 0 Å². The predicted molar refractivity (Wildman–Crippen MR) is 52.4 cm³/mol. The van der Waals surface area contributed by atoms with Crippen molar-refractivity contribution in [3.63, 3.8) is 0 Å². The number of nitrogens with zero attached hydrogens (tertiary/aromatic N) is 2. The summed E-state index contributed by atoms with van der Waals surface area (Å²) in [4.78, 5) is 8.65. The van der Waals surface area contributed by atoms with E-state index in [9.17, 15) is 0 Å². The Hall–Kier alpha value is -1.12. The van der Waals surface area contributed by atoms with Gasteiger partial charge in [-0.1, -0.05) is 12.8 Å². The highest BCUT2D eigenvalue weighted by Crippen LogP contribution is 2.32. The van der Waals surface area contributed by atoms with Crippen LogP contribution in [-0.4, -0.2) is 9.97 Å². The zero-order valence-electron chi connectivity index (χ0n) is 7.95. The Morgan fingerprint density at radius 2 is 2.08 bits per heavy atom. The standard InChI is InChI=1S/C10H15N3/c1-7-6-12-10(13-9(7)11)8-4-2-3-5-8/h6,8H,2-5H2,1H3,(H2,11,12,13). The van der Waals surface area contributed by atoms with Crippen LogP contribution in [0, 0.1) is 6.92 Å². The van der Waals surface area contributed by atoms with Gasteiger partial charge in [-0.2, -0.15) is 0 Å². The molecule has 70 valence electrons. The molecule has 0 aliphatic heterocycles. The van der Waals surface area contributed by atoms with Crippen LogP contribution < -0.4 is 5.73 Å². The highest BCUT2D eigenvalue weighted by atomic mass is 14.9. The van der Waals surface area contributed by atoms with Crippen LogP contribution in [-0.2, 0) is 0 Å². The zero-order chi connectivity index (χ0) is 9.26. The number of nitrogens with two attached hydrogens (primary N) is 1. The van der Waals surface area contributed by atoms with Crippen molar-refractivity contribution >= 4 is 5.82 Å². The van der Waals surface area contributed by atoms with Gasteiger partial charge in [0.15, 0.2) is 0 Å². The molecule has 1 aromatic heterocycles. The maximum Gasteiger partial charge on any atom is 0.133 e. The minimum Gasteiger partial charge on any atom is -0.383 e.